The summed E-state index contributed by atoms with van der Waals surface area (Å²) in [6, 6.07) is 0.302. The first-order valence-electron chi connectivity index (χ1n) is 6.11. The molecule has 0 bridgehead atoms. The molecule has 1 atom stereocenters. The van der Waals surface area contributed by atoms with Crippen LogP contribution in [0.5, 0.6) is 0 Å². The first kappa shape index (κ1) is 14.7. The van der Waals surface area contributed by atoms with Gasteiger partial charge in [0.25, 0.3) is 0 Å². The molecular weight excluding hydrogens is 279 g/mol. The lowest BCUT2D eigenvalue weighted by molar-refractivity contribution is -0.137. The summed E-state index contributed by atoms with van der Waals surface area (Å²) in [7, 11) is 0. The van der Waals surface area contributed by atoms with Gasteiger partial charge < -0.3 is 15.7 Å². The van der Waals surface area contributed by atoms with E-state index >= 15 is 0 Å². The lowest BCUT2D eigenvalue weighted by atomic mass is 10.1. The quantitative estimate of drug-likeness (QED) is 0.788. The highest BCUT2D eigenvalue weighted by atomic mass is 32.1. The third kappa shape index (κ3) is 4.13. The maximum Gasteiger partial charge on any atom is 0.443 e. The minimum Gasteiger partial charge on any atom is -0.385 e. The molecule has 0 spiro atoms. The van der Waals surface area contributed by atoms with Crippen LogP contribution in [0, 0.1) is 0 Å². The minimum absolute atomic E-state index is 0.0822. The van der Waals surface area contributed by atoms with E-state index in [1.54, 1.807) is 0 Å². The number of aliphatic hydroxyl groups is 1. The van der Waals surface area contributed by atoms with Crippen molar-refractivity contribution in [2.24, 2.45) is 0 Å². The average Bonchev–Trinajstić information content (AvgIpc) is 2.87. The fourth-order valence-corrected chi connectivity index (χ4v) is 2.71. The highest BCUT2D eigenvalue weighted by Gasteiger charge is 2.35. The molecule has 1 fully saturated rings. The van der Waals surface area contributed by atoms with E-state index in [2.05, 4.69) is 15.6 Å². The summed E-state index contributed by atoms with van der Waals surface area (Å²) in [5.74, 6) is 0. The van der Waals surface area contributed by atoms with Crippen molar-refractivity contribution >= 4 is 11.3 Å². The number of aliphatic hydroxyl groups excluding tert-OH is 1. The molecule has 3 N–H and O–H groups in total. The van der Waals surface area contributed by atoms with E-state index in [0.717, 1.165) is 25.9 Å². The van der Waals surface area contributed by atoms with Gasteiger partial charge in [0.05, 0.1) is 5.69 Å². The van der Waals surface area contributed by atoms with Crippen LogP contribution in [0.4, 0.5) is 13.2 Å². The number of hydrogen-bond donors (Lipinski definition) is 3. The van der Waals surface area contributed by atoms with Crippen molar-refractivity contribution in [2.45, 2.75) is 31.2 Å². The van der Waals surface area contributed by atoms with E-state index in [0.29, 0.717) is 17.4 Å². The van der Waals surface area contributed by atoms with Gasteiger partial charge >= 0.3 is 6.18 Å². The predicted octanol–water partition coefficient (Wildman–Crippen LogP) is 1.54. The third-order valence-electron chi connectivity index (χ3n) is 3.04. The molecule has 4 nitrogen and oxygen atoms in total. The maximum atomic E-state index is 12.4. The molecule has 0 saturated carbocycles. The van der Waals surface area contributed by atoms with E-state index in [1.807, 2.05) is 0 Å². The SMILES string of the molecule is O[C@@H](CNC1CCNCC1)c1csc(C(F)(F)F)n1. The first-order valence-corrected chi connectivity index (χ1v) is 6.99. The van der Waals surface area contributed by atoms with Crippen LogP contribution in [0.2, 0.25) is 0 Å². The molecule has 0 aliphatic carbocycles. The second-order valence-corrected chi connectivity index (χ2v) is 5.38. The van der Waals surface area contributed by atoms with E-state index in [4.69, 9.17) is 0 Å². The largest absolute Gasteiger partial charge is 0.443 e. The number of piperidine rings is 1. The smallest absolute Gasteiger partial charge is 0.385 e. The number of nitrogens with zero attached hydrogens (tertiary/aromatic N) is 1. The van der Waals surface area contributed by atoms with Crippen molar-refractivity contribution in [3.05, 3.63) is 16.1 Å². The van der Waals surface area contributed by atoms with Crippen molar-refractivity contribution in [1.82, 2.24) is 15.6 Å². The standard InChI is InChI=1S/C11H16F3N3OS/c12-11(13,14)10-17-8(6-19-10)9(18)5-16-7-1-3-15-4-2-7/h6-7,9,15-16,18H,1-5H2/t9-/m0/s1. The molecule has 108 valence electrons. The summed E-state index contributed by atoms with van der Waals surface area (Å²) >= 11 is 0.512. The van der Waals surface area contributed by atoms with Crippen molar-refractivity contribution in [3.63, 3.8) is 0 Å². The van der Waals surface area contributed by atoms with Gasteiger partial charge in [-0.2, -0.15) is 13.2 Å². The Labute approximate surface area is 113 Å². The minimum atomic E-state index is -4.44. The molecule has 1 saturated heterocycles. The highest BCUT2D eigenvalue weighted by molar-refractivity contribution is 7.09. The van der Waals surface area contributed by atoms with E-state index in [9.17, 15) is 18.3 Å². The zero-order valence-electron chi connectivity index (χ0n) is 10.2. The first-order chi connectivity index (χ1) is 8.97. The summed E-state index contributed by atoms with van der Waals surface area (Å²) in [5, 5.41) is 16.6. The Hall–Kier alpha value is -0.700. The molecule has 2 rings (SSSR count). The lowest BCUT2D eigenvalue weighted by Crippen LogP contribution is -2.41. The second-order valence-electron chi connectivity index (χ2n) is 4.52. The van der Waals surface area contributed by atoms with Gasteiger partial charge in [-0.25, -0.2) is 4.98 Å². The Bertz CT molecular complexity index is 404. The van der Waals surface area contributed by atoms with Crippen LogP contribution in [0.1, 0.15) is 29.6 Å². The van der Waals surface area contributed by atoms with Crippen molar-refractivity contribution < 1.29 is 18.3 Å². The molecule has 0 radical (unpaired) electrons. The number of aromatic nitrogens is 1. The molecule has 1 aliphatic rings. The molecule has 0 aromatic carbocycles. The lowest BCUT2D eigenvalue weighted by Gasteiger charge is -2.24. The van der Waals surface area contributed by atoms with Crippen LogP contribution in [-0.2, 0) is 6.18 Å². The number of halogens is 3. The predicted molar refractivity (Wildman–Crippen MR) is 66.0 cm³/mol. The summed E-state index contributed by atoms with van der Waals surface area (Å²) in [4.78, 5) is 3.44. The van der Waals surface area contributed by atoms with Gasteiger partial charge in [0.15, 0.2) is 5.01 Å². The highest BCUT2D eigenvalue weighted by Crippen LogP contribution is 2.32. The van der Waals surface area contributed by atoms with Gasteiger partial charge in [-0.1, -0.05) is 0 Å². The van der Waals surface area contributed by atoms with Crippen LogP contribution < -0.4 is 10.6 Å². The van der Waals surface area contributed by atoms with E-state index in [1.165, 1.54) is 5.38 Å². The molecule has 1 aromatic rings. The number of thiazole rings is 1. The average molecular weight is 295 g/mol. The number of hydrogen-bond acceptors (Lipinski definition) is 5. The fraction of sp³-hybridized carbons (Fsp3) is 0.727. The fourth-order valence-electron chi connectivity index (χ4n) is 1.98. The zero-order valence-corrected chi connectivity index (χ0v) is 11.0. The molecule has 1 aromatic heterocycles. The van der Waals surface area contributed by atoms with Crippen LogP contribution in [0.25, 0.3) is 0 Å². The summed E-state index contributed by atoms with van der Waals surface area (Å²) < 4.78 is 37.2. The number of nitrogens with one attached hydrogen (secondary N) is 2. The molecule has 0 unspecified atom stereocenters. The Morgan fingerprint density at radius 1 is 1.47 bits per heavy atom. The van der Waals surface area contributed by atoms with Crippen LogP contribution in [0.3, 0.4) is 0 Å². The van der Waals surface area contributed by atoms with Crippen LogP contribution in [0.15, 0.2) is 5.38 Å². The normalized spacial score (nSPS) is 19.6. The Kier molecular flexibility index (Phi) is 4.77. The van der Waals surface area contributed by atoms with E-state index in [-0.39, 0.29) is 12.2 Å². The molecular formula is C11H16F3N3OS. The molecule has 0 amide bonds. The topological polar surface area (TPSA) is 57.2 Å². The van der Waals surface area contributed by atoms with Crippen molar-refractivity contribution in [1.29, 1.82) is 0 Å². The van der Waals surface area contributed by atoms with Crippen molar-refractivity contribution in [2.75, 3.05) is 19.6 Å². The van der Waals surface area contributed by atoms with Crippen LogP contribution >= 0.6 is 11.3 Å². The van der Waals surface area contributed by atoms with Gasteiger partial charge in [-0.05, 0) is 25.9 Å². The summed E-state index contributed by atoms with van der Waals surface area (Å²) in [5.41, 5.74) is 0.0822. The van der Waals surface area contributed by atoms with Gasteiger partial charge in [-0.3, -0.25) is 0 Å². The van der Waals surface area contributed by atoms with Crippen LogP contribution in [-0.4, -0.2) is 35.8 Å². The Morgan fingerprint density at radius 2 is 2.16 bits per heavy atom. The third-order valence-corrected chi connectivity index (χ3v) is 3.95. The summed E-state index contributed by atoms with van der Waals surface area (Å²) in [6.07, 6.45) is -3.53. The van der Waals surface area contributed by atoms with Gasteiger partial charge in [-0.15, -0.1) is 11.3 Å². The number of rotatable bonds is 4. The van der Waals surface area contributed by atoms with E-state index < -0.39 is 17.3 Å². The molecule has 1 aliphatic heterocycles. The van der Waals surface area contributed by atoms with Gasteiger partial charge in [0, 0.05) is 18.0 Å². The monoisotopic (exact) mass is 295 g/mol. The Balaban J connectivity index is 1.85. The molecule has 8 heteroatoms. The maximum absolute atomic E-state index is 12.4. The Morgan fingerprint density at radius 3 is 2.74 bits per heavy atom. The number of alkyl halides is 3. The molecule has 19 heavy (non-hydrogen) atoms. The second kappa shape index (κ2) is 6.17. The molecule has 2 heterocycles. The van der Waals surface area contributed by atoms with Gasteiger partial charge in [0.2, 0.25) is 0 Å². The summed E-state index contributed by atoms with van der Waals surface area (Å²) in [6.45, 7) is 2.07. The van der Waals surface area contributed by atoms with Crippen molar-refractivity contribution in [3.8, 4) is 0 Å². The zero-order chi connectivity index (χ0) is 13.9. The van der Waals surface area contributed by atoms with Gasteiger partial charge in [0.1, 0.15) is 6.10 Å².